The summed E-state index contributed by atoms with van der Waals surface area (Å²) in [5.74, 6) is 2.09. The molecule has 22 heavy (non-hydrogen) atoms. The van der Waals surface area contributed by atoms with Crippen LogP contribution in [0.4, 0.5) is 0 Å². The third-order valence-corrected chi connectivity index (χ3v) is 6.22. The monoisotopic (exact) mass is 358 g/mol. The molecule has 118 valence electrons. The summed E-state index contributed by atoms with van der Waals surface area (Å²) in [5.41, 5.74) is 10.2. The van der Waals surface area contributed by atoms with E-state index >= 15 is 0 Å². The Balaban J connectivity index is 1.92. The third-order valence-electron chi connectivity index (χ3n) is 5.66. The van der Waals surface area contributed by atoms with Crippen LogP contribution in [0.3, 0.4) is 0 Å². The van der Waals surface area contributed by atoms with Crippen molar-refractivity contribution in [2.24, 2.45) is 17.8 Å². The fourth-order valence-corrected chi connectivity index (χ4v) is 4.61. The Labute approximate surface area is 143 Å². The average molecular weight is 359 g/mol. The van der Waals surface area contributed by atoms with Gasteiger partial charge in [-0.1, -0.05) is 58.6 Å². The highest BCUT2D eigenvalue weighted by Crippen LogP contribution is 2.48. The maximum atomic E-state index is 3.63. The summed E-state index contributed by atoms with van der Waals surface area (Å²) in [6.45, 7) is 6.97. The molecule has 0 N–H and O–H groups in total. The summed E-state index contributed by atoms with van der Waals surface area (Å²) in [6.07, 6.45) is 14.5. The molecule has 0 aliphatic heterocycles. The molecular formula is C21H27Br. The van der Waals surface area contributed by atoms with E-state index in [0.717, 1.165) is 18.3 Å². The van der Waals surface area contributed by atoms with E-state index < -0.39 is 0 Å². The summed E-state index contributed by atoms with van der Waals surface area (Å²) < 4.78 is 1.19. The summed E-state index contributed by atoms with van der Waals surface area (Å²) >= 11 is 3.63. The highest BCUT2D eigenvalue weighted by molar-refractivity contribution is 9.11. The van der Waals surface area contributed by atoms with E-state index in [1.54, 1.807) is 16.7 Å². The van der Waals surface area contributed by atoms with Gasteiger partial charge < -0.3 is 0 Å². The molecule has 0 nitrogen and oxygen atoms in total. The van der Waals surface area contributed by atoms with Gasteiger partial charge in [-0.3, -0.25) is 0 Å². The molecule has 0 fully saturated rings. The van der Waals surface area contributed by atoms with Crippen molar-refractivity contribution >= 4 is 15.9 Å². The fourth-order valence-electron chi connectivity index (χ4n) is 4.31. The Morgan fingerprint density at radius 3 is 2.95 bits per heavy atom. The van der Waals surface area contributed by atoms with Crippen molar-refractivity contribution in [2.45, 2.75) is 59.3 Å². The number of allylic oxidation sites excluding steroid dienone is 7. The molecule has 0 radical (unpaired) electrons. The van der Waals surface area contributed by atoms with E-state index in [1.165, 1.54) is 42.2 Å². The van der Waals surface area contributed by atoms with Crippen LogP contribution >= 0.6 is 15.9 Å². The van der Waals surface area contributed by atoms with Crippen molar-refractivity contribution in [3.8, 4) is 0 Å². The van der Waals surface area contributed by atoms with E-state index in [4.69, 9.17) is 0 Å². The second-order valence-electron chi connectivity index (χ2n) is 7.22. The predicted molar refractivity (Wildman–Crippen MR) is 98.9 cm³/mol. The van der Waals surface area contributed by atoms with Gasteiger partial charge in [0.1, 0.15) is 0 Å². The first-order chi connectivity index (χ1) is 10.6. The average Bonchev–Trinajstić information content (AvgIpc) is 2.69. The van der Waals surface area contributed by atoms with Gasteiger partial charge in [0.2, 0.25) is 0 Å². The van der Waals surface area contributed by atoms with Gasteiger partial charge in [0.15, 0.2) is 0 Å². The number of hydrogen-bond donors (Lipinski definition) is 0. The first-order valence-electron chi connectivity index (χ1n) is 8.78. The molecule has 0 aromatic rings. The summed E-state index contributed by atoms with van der Waals surface area (Å²) in [7, 11) is 0. The van der Waals surface area contributed by atoms with E-state index in [9.17, 15) is 0 Å². The lowest BCUT2D eigenvalue weighted by Gasteiger charge is -2.38. The molecule has 3 atom stereocenters. The topological polar surface area (TPSA) is 0 Å². The SMILES string of the molecule is CC/C(C)=C/C1CCC2=C(C1)C1CC=C(Br)C=C=C1CC2C. The summed E-state index contributed by atoms with van der Waals surface area (Å²) in [6, 6.07) is 0. The molecule has 3 rings (SSSR count). The van der Waals surface area contributed by atoms with Crippen molar-refractivity contribution in [3.05, 3.63) is 50.7 Å². The van der Waals surface area contributed by atoms with Crippen molar-refractivity contribution in [1.29, 1.82) is 0 Å². The van der Waals surface area contributed by atoms with E-state index in [-0.39, 0.29) is 0 Å². The van der Waals surface area contributed by atoms with Gasteiger partial charge in [0.05, 0.1) is 0 Å². The minimum atomic E-state index is 0.621. The molecule has 0 saturated carbocycles. The molecule has 1 heteroatoms. The number of halogens is 1. The molecule has 0 aromatic heterocycles. The van der Waals surface area contributed by atoms with Crippen LogP contribution in [0.5, 0.6) is 0 Å². The maximum absolute atomic E-state index is 3.63. The molecule has 0 aromatic carbocycles. The Bertz CT molecular complexity index is 608. The Morgan fingerprint density at radius 2 is 2.18 bits per heavy atom. The highest BCUT2D eigenvalue weighted by atomic mass is 79.9. The molecule has 0 amide bonds. The van der Waals surface area contributed by atoms with Crippen molar-refractivity contribution in [3.63, 3.8) is 0 Å². The Hall–Kier alpha value is -0.780. The van der Waals surface area contributed by atoms with Crippen LogP contribution in [0.1, 0.15) is 59.3 Å². The van der Waals surface area contributed by atoms with E-state index in [2.05, 4.69) is 60.7 Å². The smallest absolute Gasteiger partial charge is 0.0212 e. The lowest BCUT2D eigenvalue weighted by Crippen LogP contribution is -2.25. The quantitative estimate of drug-likeness (QED) is 0.373. The zero-order chi connectivity index (χ0) is 15.7. The third kappa shape index (κ3) is 3.26. The normalized spacial score (nSPS) is 32.0. The molecule has 3 unspecified atom stereocenters. The number of hydrogen-bond acceptors (Lipinski definition) is 0. The maximum Gasteiger partial charge on any atom is 0.0212 e. The van der Waals surface area contributed by atoms with Gasteiger partial charge in [-0.15, -0.1) is 5.73 Å². The van der Waals surface area contributed by atoms with Crippen LogP contribution in [-0.4, -0.2) is 0 Å². The first-order valence-corrected chi connectivity index (χ1v) is 9.58. The van der Waals surface area contributed by atoms with Crippen LogP contribution < -0.4 is 0 Å². The van der Waals surface area contributed by atoms with Crippen molar-refractivity contribution in [2.75, 3.05) is 0 Å². The van der Waals surface area contributed by atoms with Crippen molar-refractivity contribution in [1.82, 2.24) is 0 Å². The number of rotatable bonds is 2. The van der Waals surface area contributed by atoms with Gasteiger partial charge >= 0.3 is 0 Å². The molecule has 0 spiro atoms. The standard InChI is InChI=1S/C21H27Br/c1-4-14(2)11-16-5-9-19-15(3)12-17-6-7-18(22)8-10-20(17)21(19)13-16/h7-8,11,15-16,20H,4-5,9-10,12-13H2,1-3H3/b14-11+. The zero-order valence-electron chi connectivity index (χ0n) is 14.1. The summed E-state index contributed by atoms with van der Waals surface area (Å²) in [5, 5.41) is 0. The first kappa shape index (κ1) is 16.1. The van der Waals surface area contributed by atoms with Gasteiger partial charge in [-0.05, 0) is 68.9 Å². The Kier molecular flexibility index (Phi) is 4.95. The van der Waals surface area contributed by atoms with Crippen LogP contribution in [0.2, 0.25) is 0 Å². The van der Waals surface area contributed by atoms with E-state index in [0.29, 0.717) is 5.92 Å². The lowest BCUT2D eigenvalue weighted by atomic mass is 9.66. The van der Waals surface area contributed by atoms with E-state index in [1.807, 2.05) is 0 Å². The van der Waals surface area contributed by atoms with Crippen LogP contribution in [0.25, 0.3) is 0 Å². The van der Waals surface area contributed by atoms with Crippen LogP contribution in [-0.2, 0) is 0 Å². The van der Waals surface area contributed by atoms with Gasteiger partial charge in [0.25, 0.3) is 0 Å². The predicted octanol–water partition coefficient (Wildman–Crippen LogP) is 6.86. The molecular weight excluding hydrogens is 332 g/mol. The van der Waals surface area contributed by atoms with Crippen LogP contribution in [0.15, 0.2) is 50.7 Å². The highest BCUT2D eigenvalue weighted by Gasteiger charge is 2.34. The summed E-state index contributed by atoms with van der Waals surface area (Å²) in [4.78, 5) is 0. The number of fused-ring (bicyclic) bond motifs is 2. The Morgan fingerprint density at radius 1 is 1.36 bits per heavy atom. The van der Waals surface area contributed by atoms with Gasteiger partial charge in [-0.2, -0.15) is 0 Å². The molecule has 0 saturated heterocycles. The lowest BCUT2D eigenvalue weighted by molar-refractivity contribution is 0.426. The minimum absolute atomic E-state index is 0.621. The largest absolute Gasteiger partial charge is 0.120 e. The molecule has 3 aliphatic carbocycles. The minimum Gasteiger partial charge on any atom is -0.120 e. The second-order valence-corrected chi connectivity index (χ2v) is 8.13. The molecule has 3 aliphatic rings. The molecule has 0 heterocycles. The van der Waals surface area contributed by atoms with Crippen molar-refractivity contribution < 1.29 is 0 Å². The molecule has 0 bridgehead atoms. The van der Waals surface area contributed by atoms with Gasteiger partial charge in [-0.25, -0.2) is 0 Å². The van der Waals surface area contributed by atoms with Crippen LogP contribution in [0, 0.1) is 17.8 Å². The van der Waals surface area contributed by atoms with Gasteiger partial charge in [0, 0.05) is 10.4 Å². The second kappa shape index (κ2) is 6.77. The fraction of sp³-hybridized carbons (Fsp3) is 0.571. The zero-order valence-corrected chi connectivity index (χ0v) is 15.7.